The summed E-state index contributed by atoms with van der Waals surface area (Å²) in [6.07, 6.45) is 0.202. The Morgan fingerprint density at radius 3 is 2.48 bits per heavy atom. The number of hydrogen-bond acceptors (Lipinski definition) is 3. The molecule has 0 aromatic heterocycles. The van der Waals surface area contributed by atoms with Crippen molar-refractivity contribution < 1.29 is 14.3 Å². The molecular weight excluding hydrogens is 360 g/mol. The number of hydrogen-bond donors (Lipinski definition) is 2. The first-order chi connectivity index (χ1) is 11.1. The van der Waals surface area contributed by atoms with E-state index < -0.39 is 5.91 Å². The van der Waals surface area contributed by atoms with E-state index in [9.17, 15) is 9.59 Å². The number of hydrazine groups is 1. The monoisotopic (exact) mass is 376 g/mol. The maximum absolute atomic E-state index is 12.0. The van der Waals surface area contributed by atoms with E-state index in [-0.39, 0.29) is 12.3 Å². The minimum absolute atomic E-state index is 0.202. The lowest BCUT2D eigenvalue weighted by Crippen LogP contribution is -2.42. The quantitative estimate of drug-likeness (QED) is 0.788. The molecule has 0 atom stereocenters. The first-order valence-electron chi connectivity index (χ1n) is 7.15. The van der Waals surface area contributed by atoms with Gasteiger partial charge in [-0.3, -0.25) is 20.4 Å². The zero-order valence-corrected chi connectivity index (χ0v) is 14.2. The predicted molar refractivity (Wildman–Crippen MR) is 91.1 cm³/mol. The van der Waals surface area contributed by atoms with Crippen LogP contribution in [-0.2, 0) is 11.2 Å². The maximum Gasteiger partial charge on any atom is 0.269 e. The van der Waals surface area contributed by atoms with Crippen LogP contribution in [0.4, 0.5) is 0 Å². The number of ether oxygens (including phenoxy) is 1. The standard InChI is InChI=1S/C17H17BrN2O3/c1-2-23-15-9-8-13(11-14(15)18)17(22)20-19-16(21)10-12-6-4-3-5-7-12/h3-9,11H,2,10H2,1H3,(H,19,21)(H,20,22). The fourth-order valence-corrected chi connectivity index (χ4v) is 2.43. The van der Waals surface area contributed by atoms with E-state index in [0.717, 1.165) is 5.56 Å². The van der Waals surface area contributed by atoms with E-state index >= 15 is 0 Å². The Morgan fingerprint density at radius 1 is 1.09 bits per heavy atom. The van der Waals surface area contributed by atoms with E-state index in [1.165, 1.54) is 0 Å². The third-order valence-corrected chi connectivity index (χ3v) is 3.64. The Balaban J connectivity index is 1.89. The summed E-state index contributed by atoms with van der Waals surface area (Å²) in [5.74, 6) is -0.0122. The number of benzene rings is 2. The molecule has 0 saturated heterocycles. The van der Waals surface area contributed by atoms with Crippen LogP contribution in [0.5, 0.6) is 5.75 Å². The van der Waals surface area contributed by atoms with E-state index in [4.69, 9.17) is 4.74 Å². The fraction of sp³-hybridized carbons (Fsp3) is 0.176. The highest BCUT2D eigenvalue weighted by atomic mass is 79.9. The Labute approximate surface area is 143 Å². The highest BCUT2D eigenvalue weighted by Gasteiger charge is 2.10. The van der Waals surface area contributed by atoms with Crippen LogP contribution in [0.1, 0.15) is 22.8 Å². The molecule has 2 rings (SSSR count). The molecule has 0 fully saturated rings. The van der Waals surface area contributed by atoms with Crippen molar-refractivity contribution in [3.05, 3.63) is 64.1 Å². The van der Waals surface area contributed by atoms with Crippen molar-refractivity contribution in [1.82, 2.24) is 10.9 Å². The second kappa shape index (κ2) is 8.33. The van der Waals surface area contributed by atoms with Gasteiger partial charge < -0.3 is 4.74 Å². The third kappa shape index (κ3) is 5.10. The number of carbonyl (C=O) groups excluding carboxylic acids is 2. The lowest BCUT2D eigenvalue weighted by atomic mass is 10.1. The van der Waals surface area contributed by atoms with Gasteiger partial charge in [0, 0.05) is 5.56 Å². The van der Waals surface area contributed by atoms with Gasteiger partial charge in [0.05, 0.1) is 17.5 Å². The number of halogens is 1. The maximum atomic E-state index is 12.0. The first kappa shape index (κ1) is 17.0. The number of amides is 2. The minimum atomic E-state index is -0.393. The van der Waals surface area contributed by atoms with Crippen molar-refractivity contribution in [2.24, 2.45) is 0 Å². The topological polar surface area (TPSA) is 67.4 Å². The van der Waals surface area contributed by atoms with E-state index in [1.54, 1.807) is 18.2 Å². The molecule has 0 aliphatic rings. The number of nitrogens with one attached hydrogen (secondary N) is 2. The van der Waals surface area contributed by atoms with Crippen LogP contribution in [0.3, 0.4) is 0 Å². The molecule has 2 N–H and O–H groups in total. The molecule has 2 amide bonds. The zero-order chi connectivity index (χ0) is 16.7. The van der Waals surface area contributed by atoms with Gasteiger partial charge in [-0.15, -0.1) is 0 Å². The Morgan fingerprint density at radius 2 is 1.83 bits per heavy atom. The van der Waals surface area contributed by atoms with Gasteiger partial charge in [0.1, 0.15) is 5.75 Å². The summed E-state index contributed by atoms with van der Waals surface area (Å²) in [5, 5.41) is 0. The second-order valence-electron chi connectivity index (χ2n) is 4.74. The van der Waals surface area contributed by atoms with Gasteiger partial charge in [-0.1, -0.05) is 30.3 Å². The zero-order valence-electron chi connectivity index (χ0n) is 12.6. The smallest absolute Gasteiger partial charge is 0.269 e. The average Bonchev–Trinajstić information content (AvgIpc) is 2.55. The molecule has 5 nitrogen and oxygen atoms in total. The summed E-state index contributed by atoms with van der Waals surface area (Å²) in [6.45, 7) is 2.43. The van der Waals surface area contributed by atoms with Gasteiger partial charge in [-0.2, -0.15) is 0 Å². The van der Waals surface area contributed by atoms with Crippen LogP contribution in [-0.4, -0.2) is 18.4 Å². The molecule has 0 radical (unpaired) electrons. The molecule has 23 heavy (non-hydrogen) atoms. The van der Waals surface area contributed by atoms with Crippen LogP contribution in [0.25, 0.3) is 0 Å². The van der Waals surface area contributed by atoms with Crippen LogP contribution < -0.4 is 15.6 Å². The molecule has 0 spiro atoms. The molecule has 2 aromatic rings. The van der Waals surface area contributed by atoms with Crippen LogP contribution in [0.15, 0.2) is 53.0 Å². The molecule has 0 heterocycles. The van der Waals surface area contributed by atoms with Gasteiger partial charge in [0.2, 0.25) is 5.91 Å². The van der Waals surface area contributed by atoms with E-state index in [0.29, 0.717) is 22.4 Å². The van der Waals surface area contributed by atoms with Crippen molar-refractivity contribution in [3.8, 4) is 5.75 Å². The molecule has 0 unspecified atom stereocenters. The van der Waals surface area contributed by atoms with E-state index in [2.05, 4.69) is 26.8 Å². The lowest BCUT2D eigenvalue weighted by molar-refractivity contribution is -0.121. The molecule has 0 saturated carbocycles. The summed E-state index contributed by atoms with van der Waals surface area (Å²) in [5.41, 5.74) is 6.10. The summed E-state index contributed by atoms with van der Waals surface area (Å²) in [7, 11) is 0. The molecular formula is C17H17BrN2O3. The number of rotatable bonds is 5. The Hall–Kier alpha value is -2.34. The number of carbonyl (C=O) groups is 2. The molecule has 0 aliphatic carbocycles. The van der Waals surface area contributed by atoms with Gasteiger partial charge in [-0.05, 0) is 46.6 Å². The summed E-state index contributed by atoms with van der Waals surface area (Å²) in [4.78, 5) is 23.8. The normalized spacial score (nSPS) is 10.0. The second-order valence-corrected chi connectivity index (χ2v) is 5.60. The molecule has 0 aliphatic heterocycles. The summed E-state index contributed by atoms with van der Waals surface area (Å²) in [6, 6.07) is 14.3. The lowest BCUT2D eigenvalue weighted by Gasteiger charge is -2.10. The van der Waals surface area contributed by atoms with Crippen molar-refractivity contribution in [1.29, 1.82) is 0 Å². The first-order valence-corrected chi connectivity index (χ1v) is 7.95. The van der Waals surface area contributed by atoms with Crippen molar-refractivity contribution in [3.63, 3.8) is 0 Å². The van der Waals surface area contributed by atoms with Crippen molar-refractivity contribution in [2.75, 3.05) is 6.61 Å². The van der Waals surface area contributed by atoms with Gasteiger partial charge >= 0.3 is 0 Å². The Kier molecular flexibility index (Phi) is 6.17. The molecule has 0 bridgehead atoms. The fourth-order valence-electron chi connectivity index (χ4n) is 1.94. The predicted octanol–water partition coefficient (Wildman–Crippen LogP) is 2.85. The van der Waals surface area contributed by atoms with Crippen LogP contribution >= 0.6 is 15.9 Å². The molecule has 120 valence electrons. The van der Waals surface area contributed by atoms with Crippen molar-refractivity contribution in [2.45, 2.75) is 13.3 Å². The SMILES string of the molecule is CCOc1ccc(C(=O)NNC(=O)Cc2ccccc2)cc1Br. The van der Waals surface area contributed by atoms with Crippen molar-refractivity contribution >= 4 is 27.7 Å². The summed E-state index contributed by atoms with van der Waals surface area (Å²) >= 11 is 3.35. The van der Waals surface area contributed by atoms with E-state index in [1.807, 2.05) is 37.3 Å². The minimum Gasteiger partial charge on any atom is -0.493 e. The van der Waals surface area contributed by atoms with Gasteiger partial charge in [0.25, 0.3) is 5.91 Å². The molecule has 2 aromatic carbocycles. The van der Waals surface area contributed by atoms with Gasteiger partial charge in [0.15, 0.2) is 0 Å². The van der Waals surface area contributed by atoms with Gasteiger partial charge in [-0.25, -0.2) is 0 Å². The third-order valence-electron chi connectivity index (χ3n) is 3.02. The molecule has 6 heteroatoms. The highest BCUT2D eigenvalue weighted by Crippen LogP contribution is 2.25. The van der Waals surface area contributed by atoms with Crippen LogP contribution in [0.2, 0.25) is 0 Å². The summed E-state index contributed by atoms with van der Waals surface area (Å²) < 4.78 is 6.07. The van der Waals surface area contributed by atoms with Crippen LogP contribution in [0, 0.1) is 0 Å². The Bertz CT molecular complexity index is 689. The highest BCUT2D eigenvalue weighted by molar-refractivity contribution is 9.10. The largest absolute Gasteiger partial charge is 0.493 e. The average molecular weight is 377 g/mol.